The first kappa shape index (κ1) is 16.7. The first-order valence-corrected chi connectivity index (χ1v) is 7.21. The van der Waals surface area contributed by atoms with Crippen LogP contribution in [-0.4, -0.2) is 42.5 Å². The number of benzene rings is 1. The molecule has 2 rings (SSSR count). The van der Waals surface area contributed by atoms with Crippen LogP contribution in [0.15, 0.2) is 40.9 Å². The molecule has 7 heteroatoms. The van der Waals surface area contributed by atoms with Crippen molar-refractivity contribution in [3.05, 3.63) is 47.7 Å². The molecule has 1 unspecified atom stereocenters. The molecule has 122 valence electrons. The number of hydrogen-bond donors (Lipinski definition) is 2. The average Bonchev–Trinajstić information content (AvgIpc) is 2.93. The van der Waals surface area contributed by atoms with Gasteiger partial charge in [-0.25, -0.2) is 0 Å². The Bertz CT molecular complexity index is 667. The van der Waals surface area contributed by atoms with Crippen molar-refractivity contribution in [2.75, 3.05) is 26.0 Å². The van der Waals surface area contributed by atoms with Crippen molar-refractivity contribution in [1.29, 1.82) is 0 Å². The fourth-order valence-corrected chi connectivity index (χ4v) is 2.14. The van der Waals surface area contributed by atoms with Gasteiger partial charge in [0.1, 0.15) is 5.76 Å². The number of likely N-dealkylation sites (N-methyl/N-ethyl adjacent to an activating group) is 1. The summed E-state index contributed by atoms with van der Waals surface area (Å²) in [6.07, 6.45) is 0. The van der Waals surface area contributed by atoms with E-state index >= 15 is 0 Å². The maximum absolute atomic E-state index is 11.9. The van der Waals surface area contributed by atoms with E-state index in [9.17, 15) is 9.59 Å². The van der Waals surface area contributed by atoms with E-state index in [-0.39, 0.29) is 11.9 Å². The van der Waals surface area contributed by atoms with Crippen molar-refractivity contribution in [3.63, 3.8) is 0 Å². The minimum absolute atomic E-state index is 0.0257. The summed E-state index contributed by atoms with van der Waals surface area (Å²) in [5, 5.41) is 8.64. The largest absolute Gasteiger partial charge is 0.360 e. The first-order valence-electron chi connectivity index (χ1n) is 7.21. The van der Waals surface area contributed by atoms with Gasteiger partial charge in [0.05, 0.1) is 6.04 Å². The van der Waals surface area contributed by atoms with Gasteiger partial charge >= 0.3 is 11.8 Å². The Kier molecular flexibility index (Phi) is 5.48. The molecule has 0 radical (unpaired) electrons. The summed E-state index contributed by atoms with van der Waals surface area (Å²) in [5.41, 5.74) is 1.06. The molecule has 0 aliphatic rings. The Balaban J connectivity index is 1.92. The van der Waals surface area contributed by atoms with Gasteiger partial charge < -0.3 is 14.7 Å². The number of aryl methyl sites for hydroxylation is 1. The van der Waals surface area contributed by atoms with E-state index in [2.05, 4.69) is 15.8 Å². The zero-order valence-electron chi connectivity index (χ0n) is 13.4. The fourth-order valence-electron chi connectivity index (χ4n) is 2.14. The third kappa shape index (κ3) is 4.65. The van der Waals surface area contributed by atoms with Crippen molar-refractivity contribution in [3.8, 4) is 0 Å². The molecule has 0 saturated heterocycles. The predicted octanol–water partition coefficient (Wildman–Crippen LogP) is 1.34. The summed E-state index contributed by atoms with van der Waals surface area (Å²) in [7, 11) is 3.84. The van der Waals surface area contributed by atoms with Gasteiger partial charge in [0.2, 0.25) is 0 Å². The zero-order chi connectivity index (χ0) is 16.8. The molecule has 0 aliphatic heterocycles. The van der Waals surface area contributed by atoms with Crippen LogP contribution >= 0.6 is 0 Å². The average molecular weight is 316 g/mol. The summed E-state index contributed by atoms with van der Waals surface area (Å²) in [6.45, 7) is 2.02. The van der Waals surface area contributed by atoms with Gasteiger partial charge in [0.15, 0.2) is 5.82 Å². The fraction of sp³-hybridized carbons (Fsp3) is 0.312. The highest BCUT2D eigenvalue weighted by Crippen LogP contribution is 2.16. The summed E-state index contributed by atoms with van der Waals surface area (Å²) in [5.74, 6) is -0.718. The van der Waals surface area contributed by atoms with Crippen LogP contribution in [0.25, 0.3) is 0 Å². The number of nitrogens with one attached hydrogen (secondary N) is 2. The smallest absolute Gasteiger partial charge is 0.314 e. The van der Waals surface area contributed by atoms with E-state index < -0.39 is 11.8 Å². The van der Waals surface area contributed by atoms with Crippen molar-refractivity contribution in [1.82, 2.24) is 15.4 Å². The quantitative estimate of drug-likeness (QED) is 0.813. The second kappa shape index (κ2) is 7.55. The van der Waals surface area contributed by atoms with Crippen molar-refractivity contribution in [2.24, 2.45) is 0 Å². The van der Waals surface area contributed by atoms with Crippen LogP contribution in [0.4, 0.5) is 5.82 Å². The second-order valence-corrected chi connectivity index (χ2v) is 5.38. The van der Waals surface area contributed by atoms with E-state index in [1.54, 1.807) is 6.92 Å². The van der Waals surface area contributed by atoms with E-state index in [0.29, 0.717) is 12.3 Å². The molecule has 0 spiro atoms. The highest BCUT2D eigenvalue weighted by molar-refractivity contribution is 6.39. The lowest BCUT2D eigenvalue weighted by Gasteiger charge is -2.24. The van der Waals surface area contributed by atoms with Gasteiger partial charge in [-0.3, -0.25) is 14.9 Å². The molecule has 1 aromatic heterocycles. The second-order valence-electron chi connectivity index (χ2n) is 5.38. The lowest BCUT2D eigenvalue weighted by molar-refractivity contribution is -0.136. The first-order chi connectivity index (χ1) is 11.0. The molecule has 0 bridgehead atoms. The summed E-state index contributed by atoms with van der Waals surface area (Å²) >= 11 is 0. The molecule has 2 amide bonds. The molecule has 0 fully saturated rings. The van der Waals surface area contributed by atoms with E-state index in [1.807, 2.05) is 49.3 Å². The molecule has 23 heavy (non-hydrogen) atoms. The maximum atomic E-state index is 11.9. The van der Waals surface area contributed by atoms with Crippen molar-refractivity contribution < 1.29 is 14.1 Å². The van der Waals surface area contributed by atoms with Crippen LogP contribution in [-0.2, 0) is 9.59 Å². The van der Waals surface area contributed by atoms with Gasteiger partial charge in [-0.2, -0.15) is 0 Å². The number of nitrogens with zero attached hydrogens (tertiary/aromatic N) is 2. The monoisotopic (exact) mass is 316 g/mol. The minimum atomic E-state index is -0.774. The summed E-state index contributed by atoms with van der Waals surface area (Å²) in [4.78, 5) is 25.7. The normalized spacial score (nSPS) is 12.0. The Hall–Kier alpha value is -2.67. The number of anilines is 1. The molecule has 2 aromatic rings. The lowest BCUT2D eigenvalue weighted by atomic mass is 10.1. The molecule has 7 nitrogen and oxygen atoms in total. The van der Waals surface area contributed by atoms with Gasteiger partial charge in [-0.1, -0.05) is 35.5 Å². The van der Waals surface area contributed by atoms with Gasteiger partial charge in [-0.05, 0) is 26.6 Å². The summed E-state index contributed by atoms with van der Waals surface area (Å²) < 4.78 is 4.83. The van der Waals surface area contributed by atoms with Crippen LogP contribution in [0, 0.1) is 6.92 Å². The lowest BCUT2D eigenvalue weighted by Crippen LogP contribution is -2.40. The third-order valence-electron chi connectivity index (χ3n) is 3.34. The Morgan fingerprint density at radius 2 is 1.91 bits per heavy atom. The Labute approximate surface area is 134 Å². The van der Waals surface area contributed by atoms with Crippen LogP contribution in [0.5, 0.6) is 0 Å². The van der Waals surface area contributed by atoms with E-state index in [1.165, 1.54) is 6.07 Å². The SMILES string of the molecule is Cc1cc(NC(=O)C(=O)NCC(c2ccccc2)N(C)C)no1. The molecule has 1 aromatic carbocycles. The van der Waals surface area contributed by atoms with Crippen LogP contribution in [0.2, 0.25) is 0 Å². The Morgan fingerprint density at radius 3 is 2.48 bits per heavy atom. The van der Waals surface area contributed by atoms with Gasteiger partial charge in [0, 0.05) is 12.6 Å². The van der Waals surface area contributed by atoms with E-state index in [4.69, 9.17) is 4.52 Å². The number of aromatic nitrogens is 1. The molecular weight excluding hydrogens is 296 g/mol. The highest BCUT2D eigenvalue weighted by atomic mass is 16.5. The predicted molar refractivity (Wildman–Crippen MR) is 85.7 cm³/mol. The van der Waals surface area contributed by atoms with Crippen molar-refractivity contribution >= 4 is 17.6 Å². The van der Waals surface area contributed by atoms with Crippen molar-refractivity contribution in [2.45, 2.75) is 13.0 Å². The highest BCUT2D eigenvalue weighted by Gasteiger charge is 2.19. The Morgan fingerprint density at radius 1 is 1.22 bits per heavy atom. The van der Waals surface area contributed by atoms with Gasteiger partial charge in [-0.15, -0.1) is 0 Å². The number of rotatable bonds is 5. The number of hydrogen-bond acceptors (Lipinski definition) is 5. The molecule has 0 saturated carbocycles. The maximum Gasteiger partial charge on any atom is 0.314 e. The zero-order valence-corrected chi connectivity index (χ0v) is 13.4. The summed E-state index contributed by atoms with van der Waals surface area (Å²) in [6, 6.07) is 11.3. The number of carbonyl (C=O) groups is 2. The molecular formula is C16H20N4O3. The minimum Gasteiger partial charge on any atom is -0.360 e. The topological polar surface area (TPSA) is 87.5 Å². The molecule has 2 N–H and O–H groups in total. The molecule has 1 heterocycles. The van der Waals surface area contributed by atoms with Crippen LogP contribution in [0.3, 0.4) is 0 Å². The van der Waals surface area contributed by atoms with E-state index in [0.717, 1.165) is 5.56 Å². The molecule has 1 atom stereocenters. The molecule has 0 aliphatic carbocycles. The number of amides is 2. The third-order valence-corrected chi connectivity index (χ3v) is 3.34. The van der Waals surface area contributed by atoms with Gasteiger partial charge in [0.25, 0.3) is 0 Å². The number of carbonyl (C=O) groups excluding carboxylic acids is 2. The standard InChI is InChI=1S/C16H20N4O3/c1-11-9-14(19-23-11)18-16(22)15(21)17-10-13(20(2)3)12-7-5-4-6-8-12/h4-9,13H,10H2,1-3H3,(H,17,21)(H,18,19,22). The van der Waals surface area contributed by atoms with Crippen LogP contribution < -0.4 is 10.6 Å². The van der Waals surface area contributed by atoms with Crippen LogP contribution in [0.1, 0.15) is 17.4 Å².